The molecule has 0 aliphatic heterocycles. The average Bonchev–Trinajstić information content (AvgIpc) is 2.00. The fraction of sp³-hybridized carbons (Fsp3) is 1.00. The SMILES string of the molecule is [B]CC(C)NCC(C)(Cl)CC. The van der Waals surface area contributed by atoms with Crippen LogP contribution in [0.15, 0.2) is 0 Å². The molecule has 0 fully saturated rings. The van der Waals surface area contributed by atoms with Crippen molar-refractivity contribution in [2.75, 3.05) is 6.54 Å². The van der Waals surface area contributed by atoms with Gasteiger partial charge in [-0.05, 0) is 19.4 Å². The van der Waals surface area contributed by atoms with Crippen molar-refractivity contribution in [3.05, 3.63) is 0 Å². The third-order valence-corrected chi connectivity index (χ3v) is 2.31. The van der Waals surface area contributed by atoms with Gasteiger partial charge in [0, 0.05) is 6.54 Å². The minimum atomic E-state index is -0.122. The molecule has 2 unspecified atom stereocenters. The molecule has 0 aliphatic carbocycles. The van der Waals surface area contributed by atoms with Crippen molar-refractivity contribution in [2.24, 2.45) is 0 Å². The van der Waals surface area contributed by atoms with E-state index < -0.39 is 0 Å². The molecule has 2 radical (unpaired) electrons. The highest BCUT2D eigenvalue weighted by Gasteiger charge is 2.17. The molecule has 2 atom stereocenters. The Balaban J connectivity index is 3.52. The van der Waals surface area contributed by atoms with E-state index in [0.717, 1.165) is 13.0 Å². The number of hydrogen-bond acceptors (Lipinski definition) is 1. The minimum absolute atomic E-state index is 0.122. The molecule has 0 rings (SSSR count). The third-order valence-electron chi connectivity index (χ3n) is 1.91. The summed E-state index contributed by atoms with van der Waals surface area (Å²) in [5.74, 6) is 0. The van der Waals surface area contributed by atoms with E-state index in [-0.39, 0.29) is 4.87 Å². The molecular weight excluding hydrogens is 156 g/mol. The van der Waals surface area contributed by atoms with E-state index in [2.05, 4.69) is 19.2 Å². The maximum absolute atomic E-state index is 6.12. The molecule has 0 bridgehead atoms. The lowest BCUT2D eigenvalue weighted by Crippen LogP contribution is -2.37. The topological polar surface area (TPSA) is 12.0 Å². The molecule has 0 amide bonds. The molecule has 0 saturated carbocycles. The van der Waals surface area contributed by atoms with E-state index in [1.165, 1.54) is 0 Å². The molecule has 0 aromatic heterocycles. The van der Waals surface area contributed by atoms with E-state index in [1.807, 2.05) is 6.92 Å². The predicted octanol–water partition coefficient (Wildman–Crippen LogP) is 1.96. The van der Waals surface area contributed by atoms with E-state index in [1.54, 1.807) is 0 Å². The minimum Gasteiger partial charge on any atom is -0.313 e. The maximum atomic E-state index is 6.12. The molecule has 0 aliphatic rings. The second-order valence-corrected chi connectivity index (χ2v) is 4.20. The van der Waals surface area contributed by atoms with Crippen molar-refractivity contribution in [1.29, 1.82) is 0 Å². The molecule has 0 heterocycles. The number of alkyl halides is 1. The second-order valence-electron chi connectivity index (χ2n) is 3.28. The predicted molar refractivity (Wildman–Crippen MR) is 52.6 cm³/mol. The summed E-state index contributed by atoms with van der Waals surface area (Å²) in [5.41, 5.74) is 0. The summed E-state index contributed by atoms with van der Waals surface area (Å²) in [5, 5.41) is 3.27. The van der Waals surface area contributed by atoms with Gasteiger partial charge in [0.25, 0.3) is 0 Å². The van der Waals surface area contributed by atoms with Gasteiger partial charge in [0.15, 0.2) is 0 Å². The van der Waals surface area contributed by atoms with E-state index in [9.17, 15) is 0 Å². The first-order valence-corrected chi connectivity index (χ1v) is 4.52. The first kappa shape index (κ1) is 11.3. The average molecular weight is 173 g/mol. The Morgan fingerprint density at radius 2 is 2.18 bits per heavy atom. The first-order chi connectivity index (χ1) is 5.02. The van der Waals surface area contributed by atoms with Crippen LogP contribution in [-0.4, -0.2) is 25.3 Å². The zero-order valence-electron chi connectivity index (χ0n) is 7.65. The van der Waals surface area contributed by atoms with Gasteiger partial charge in [0.2, 0.25) is 0 Å². The quantitative estimate of drug-likeness (QED) is 0.495. The Kier molecular flexibility index (Phi) is 5.19. The van der Waals surface area contributed by atoms with Crippen LogP contribution in [0.3, 0.4) is 0 Å². The molecule has 0 spiro atoms. The van der Waals surface area contributed by atoms with Gasteiger partial charge in [-0.2, -0.15) is 0 Å². The smallest absolute Gasteiger partial charge is 0.0673 e. The lowest BCUT2D eigenvalue weighted by molar-refractivity contribution is 0.494. The molecule has 0 aromatic rings. The molecule has 0 saturated heterocycles. The standard InChI is InChI=1S/C8H17BClN/c1-4-8(3,10)6-11-7(2)5-9/h7,11H,4-6H2,1-3H3. The summed E-state index contributed by atoms with van der Waals surface area (Å²) >= 11 is 6.12. The highest BCUT2D eigenvalue weighted by molar-refractivity contribution is 6.23. The summed E-state index contributed by atoms with van der Waals surface area (Å²) in [6.45, 7) is 7.00. The molecular formula is C8H17BClN. The lowest BCUT2D eigenvalue weighted by Gasteiger charge is -2.22. The Hall–Kier alpha value is 0.315. The zero-order valence-corrected chi connectivity index (χ0v) is 8.41. The molecule has 1 N–H and O–H groups in total. The molecule has 3 heteroatoms. The van der Waals surface area contributed by atoms with Crippen LogP contribution < -0.4 is 5.32 Å². The fourth-order valence-electron chi connectivity index (χ4n) is 0.595. The Bertz CT molecular complexity index is 106. The number of hydrogen-bond donors (Lipinski definition) is 1. The van der Waals surface area contributed by atoms with Crippen LogP contribution in [0.5, 0.6) is 0 Å². The number of halogens is 1. The van der Waals surface area contributed by atoms with Crippen molar-refractivity contribution >= 4 is 19.4 Å². The van der Waals surface area contributed by atoms with Crippen molar-refractivity contribution in [3.8, 4) is 0 Å². The van der Waals surface area contributed by atoms with Crippen molar-refractivity contribution in [3.63, 3.8) is 0 Å². The lowest BCUT2D eigenvalue weighted by atomic mass is 9.98. The third kappa shape index (κ3) is 5.57. The van der Waals surface area contributed by atoms with E-state index in [0.29, 0.717) is 12.4 Å². The Morgan fingerprint density at radius 3 is 2.55 bits per heavy atom. The van der Waals surface area contributed by atoms with Crippen LogP contribution in [0.4, 0.5) is 0 Å². The Morgan fingerprint density at radius 1 is 1.64 bits per heavy atom. The van der Waals surface area contributed by atoms with Crippen molar-refractivity contribution < 1.29 is 0 Å². The molecule has 11 heavy (non-hydrogen) atoms. The fourth-order valence-corrected chi connectivity index (χ4v) is 0.673. The molecule has 64 valence electrons. The summed E-state index contributed by atoms with van der Waals surface area (Å²) in [7, 11) is 5.44. The molecule has 0 aromatic carbocycles. The maximum Gasteiger partial charge on any atom is 0.0673 e. The van der Waals surface area contributed by atoms with Crippen molar-refractivity contribution in [1.82, 2.24) is 5.32 Å². The van der Waals surface area contributed by atoms with Crippen LogP contribution in [0.1, 0.15) is 27.2 Å². The van der Waals surface area contributed by atoms with Crippen LogP contribution in [0, 0.1) is 0 Å². The van der Waals surface area contributed by atoms with Gasteiger partial charge in [-0.1, -0.05) is 20.2 Å². The second kappa shape index (κ2) is 5.05. The summed E-state index contributed by atoms with van der Waals surface area (Å²) in [6.07, 6.45) is 1.63. The van der Waals surface area contributed by atoms with Gasteiger partial charge in [-0.15, -0.1) is 11.6 Å². The first-order valence-electron chi connectivity index (χ1n) is 4.14. The van der Waals surface area contributed by atoms with Crippen molar-refractivity contribution in [2.45, 2.75) is 44.4 Å². The van der Waals surface area contributed by atoms with Gasteiger partial charge in [-0.3, -0.25) is 0 Å². The van der Waals surface area contributed by atoms with Gasteiger partial charge in [0.1, 0.15) is 0 Å². The largest absolute Gasteiger partial charge is 0.313 e. The van der Waals surface area contributed by atoms with E-state index in [4.69, 9.17) is 19.4 Å². The van der Waals surface area contributed by atoms with Crippen LogP contribution in [-0.2, 0) is 0 Å². The molecule has 1 nitrogen and oxygen atoms in total. The van der Waals surface area contributed by atoms with Gasteiger partial charge < -0.3 is 5.32 Å². The summed E-state index contributed by atoms with van der Waals surface area (Å²) in [4.78, 5) is -0.122. The highest BCUT2D eigenvalue weighted by Crippen LogP contribution is 2.17. The number of nitrogens with one attached hydrogen (secondary N) is 1. The zero-order chi connectivity index (χ0) is 8.91. The Labute approximate surface area is 76.3 Å². The normalized spacial score (nSPS) is 19.3. The van der Waals surface area contributed by atoms with Gasteiger partial charge in [-0.25, -0.2) is 0 Å². The highest BCUT2D eigenvalue weighted by atomic mass is 35.5. The van der Waals surface area contributed by atoms with E-state index >= 15 is 0 Å². The summed E-state index contributed by atoms with van der Waals surface area (Å²) in [6, 6.07) is 0.361. The van der Waals surface area contributed by atoms with Gasteiger partial charge >= 0.3 is 0 Å². The van der Waals surface area contributed by atoms with Crippen LogP contribution in [0.2, 0.25) is 6.32 Å². The number of rotatable bonds is 5. The van der Waals surface area contributed by atoms with Crippen LogP contribution in [0.25, 0.3) is 0 Å². The monoisotopic (exact) mass is 173 g/mol. The van der Waals surface area contributed by atoms with Crippen LogP contribution >= 0.6 is 11.6 Å². The summed E-state index contributed by atoms with van der Waals surface area (Å²) < 4.78 is 0. The van der Waals surface area contributed by atoms with Gasteiger partial charge in [0.05, 0.1) is 12.7 Å².